The number of nitrogens with two attached hydrogens (primary N) is 1. The molecule has 0 bridgehead atoms. The zero-order chi connectivity index (χ0) is 27.9. The Morgan fingerprint density at radius 2 is 1.51 bits per heavy atom. The Labute approximate surface area is 229 Å². The molecule has 0 unspecified atom stereocenters. The molecule has 2 aliphatic heterocycles. The number of benzene rings is 2. The van der Waals surface area contributed by atoms with Gasteiger partial charge in [-0.3, -0.25) is 19.2 Å². The van der Waals surface area contributed by atoms with Crippen molar-refractivity contribution >= 4 is 23.7 Å². The van der Waals surface area contributed by atoms with Crippen LogP contribution in [0.2, 0.25) is 0 Å². The lowest BCUT2D eigenvalue weighted by Gasteiger charge is -2.32. The number of aryl methyl sites for hydroxylation is 1. The molecule has 2 saturated heterocycles. The van der Waals surface area contributed by atoms with Gasteiger partial charge in [0.05, 0.1) is 12.5 Å². The Hall–Kier alpha value is -3.72. The number of carboxylic acid groups (broad SMARTS) is 1. The lowest BCUT2D eigenvalue weighted by molar-refractivity contribution is -0.147. The molecule has 9 heteroatoms. The van der Waals surface area contributed by atoms with Crippen LogP contribution in [0.4, 0.5) is 0 Å². The molecule has 4 rings (SSSR count). The van der Waals surface area contributed by atoms with Gasteiger partial charge >= 0.3 is 5.97 Å². The van der Waals surface area contributed by atoms with Crippen LogP contribution in [0.25, 0.3) is 0 Å². The van der Waals surface area contributed by atoms with Gasteiger partial charge in [0, 0.05) is 19.1 Å². The maximum atomic E-state index is 13.7. The fourth-order valence-electron chi connectivity index (χ4n) is 5.64. The third-order valence-electron chi connectivity index (χ3n) is 7.65. The van der Waals surface area contributed by atoms with Crippen molar-refractivity contribution < 1.29 is 24.3 Å². The summed E-state index contributed by atoms with van der Waals surface area (Å²) in [4.78, 5) is 54.9. The number of rotatable bonds is 10. The minimum absolute atomic E-state index is 0.217. The highest BCUT2D eigenvalue weighted by atomic mass is 16.4. The molecule has 2 heterocycles. The van der Waals surface area contributed by atoms with E-state index in [4.69, 9.17) is 5.73 Å². The number of hydrogen-bond acceptors (Lipinski definition) is 5. The summed E-state index contributed by atoms with van der Waals surface area (Å²) in [7, 11) is 0. The summed E-state index contributed by atoms with van der Waals surface area (Å²) < 4.78 is 0. The van der Waals surface area contributed by atoms with E-state index in [1.54, 1.807) is 9.80 Å². The summed E-state index contributed by atoms with van der Waals surface area (Å²) in [6.45, 7) is 2.88. The van der Waals surface area contributed by atoms with Crippen LogP contribution >= 0.6 is 0 Å². The zero-order valence-corrected chi connectivity index (χ0v) is 22.4. The van der Waals surface area contributed by atoms with Gasteiger partial charge in [-0.15, -0.1) is 0 Å². The van der Waals surface area contributed by atoms with Crippen molar-refractivity contribution in [3.05, 3.63) is 71.3 Å². The minimum atomic E-state index is -1.00. The van der Waals surface area contributed by atoms with Gasteiger partial charge in [0.25, 0.3) is 0 Å². The van der Waals surface area contributed by atoms with E-state index in [-0.39, 0.29) is 24.1 Å². The normalized spacial score (nSPS) is 20.5. The Balaban J connectivity index is 1.40. The summed E-state index contributed by atoms with van der Waals surface area (Å²) in [5, 5.41) is 12.3. The van der Waals surface area contributed by atoms with Crippen LogP contribution in [-0.2, 0) is 32.0 Å². The standard InChI is InChI=1S/C30H38N4O5/c1-20-11-13-22(14-12-20)18-24(31)29(38)34-16-6-10-26(34)30(39)33-15-5-9-25(33)28(37)32-23(19-27(35)36)17-21-7-3-2-4-8-21/h2-4,7-8,11-14,23-26H,5-6,9-10,15-19,31H2,1H3,(H,32,37)(H,35,36)/t23-,24-,25-,26-/m0/s1. The second-order valence-electron chi connectivity index (χ2n) is 10.7. The van der Waals surface area contributed by atoms with Crippen molar-refractivity contribution in [2.45, 2.75) is 76.0 Å². The van der Waals surface area contributed by atoms with E-state index in [2.05, 4.69) is 5.32 Å². The topological polar surface area (TPSA) is 133 Å². The van der Waals surface area contributed by atoms with Crippen LogP contribution in [0, 0.1) is 6.92 Å². The Kier molecular flexibility index (Phi) is 9.35. The molecule has 0 aliphatic carbocycles. The van der Waals surface area contributed by atoms with E-state index in [0.29, 0.717) is 51.6 Å². The predicted octanol–water partition coefficient (Wildman–Crippen LogP) is 2.05. The van der Waals surface area contributed by atoms with E-state index in [1.165, 1.54) is 0 Å². The number of hydrogen-bond donors (Lipinski definition) is 3. The molecule has 3 amide bonds. The fourth-order valence-corrected chi connectivity index (χ4v) is 5.64. The highest BCUT2D eigenvalue weighted by Gasteiger charge is 2.43. The van der Waals surface area contributed by atoms with E-state index in [0.717, 1.165) is 16.7 Å². The van der Waals surface area contributed by atoms with E-state index in [9.17, 15) is 24.3 Å². The quantitative estimate of drug-likeness (QED) is 0.427. The summed E-state index contributed by atoms with van der Waals surface area (Å²) in [6, 6.07) is 14.6. The third kappa shape index (κ3) is 7.23. The molecule has 208 valence electrons. The van der Waals surface area contributed by atoms with Crippen LogP contribution in [0.1, 0.15) is 48.8 Å². The van der Waals surface area contributed by atoms with E-state index < -0.39 is 30.1 Å². The van der Waals surface area contributed by atoms with Gasteiger partial charge in [0.15, 0.2) is 0 Å². The Morgan fingerprint density at radius 3 is 2.18 bits per heavy atom. The summed E-state index contributed by atoms with van der Waals surface area (Å²) >= 11 is 0. The van der Waals surface area contributed by atoms with Crippen LogP contribution in [0.15, 0.2) is 54.6 Å². The molecule has 39 heavy (non-hydrogen) atoms. The highest BCUT2D eigenvalue weighted by molar-refractivity contribution is 5.94. The number of aliphatic carboxylic acids is 1. The van der Waals surface area contributed by atoms with E-state index >= 15 is 0 Å². The molecule has 2 aromatic carbocycles. The maximum Gasteiger partial charge on any atom is 0.305 e. The van der Waals surface area contributed by atoms with Crippen LogP contribution in [-0.4, -0.2) is 75.9 Å². The molecule has 9 nitrogen and oxygen atoms in total. The summed E-state index contributed by atoms with van der Waals surface area (Å²) in [5.41, 5.74) is 9.30. The monoisotopic (exact) mass is 534 g/mol. The van der Waals surface area contributed by atoms with Crippen LogP contribution in [0.5, 0.6) is 0 Å². The predicted molar refractivity (Wildman–Crippen MR) is 147 cm³/mol. The van der Waals surface area contributed by atoms with Gasteiger partial charge in [0.1, 0.15) is 12.1 Å². The molecule has 2 aromatic rings. The summed E-state index contributed by atoms with van der Waals surface area (Å²) in [5.74, 6) is -1.84. The first kappa shape index (κ1) is 28.3. The Morgan fingerprint density at radius 1 is 0.897 bits per heavy atom. The molecular formula is C30H38N4O5. The van der Waals surface area contributed by atoms with Gasteiger partial charge in [-0.2, -0.15) is 0 Å². The summed E-state index contributed by atoms with van der Waals surface area (Å²) in [6.07, 6.45) is 2.94. The average molecular weight is 535 g/mol. The SMILES string of the molecule is Cc1ccc(C[C@H](N)C(=O)N2CCC[C@H]2C(=O)N2CCC[C@H]2C(=O)N[C@H](CC(=O)O)Cc2ccccc2)cc1. The van der Waals surface area contributed by atoms with Crippen molar-refractivity contribution in [3.8, 4) is 0 Å². The molecule has 0 spiro atoms. The lowest BCUT2D eigenvalue weighted by atomic mass is 10.0. The average Bonchev–Trinajstić information content (AvgIpc) is 3.60. The Bertz CT molecular complexity index is 1170. The van der Waals surface area contributed by atoms with Crippen LogP contribution in [0.3, 0.4) is 0 Å². The molecule has 2 fully saturated rings. The maximum absolute atomic E-state index is 13.7. The zero-order valence-electron chi connectivity index (χ0n) is 22.4. The highest BCUT2D eigenvalue weighted by Crippen LogP contribution is 2.26. The molecule has 0 radical (unpaired) electrons. The van der Waals surface area contributed by atoms with Crippen molar-refractivity contribution in [1.29, 1.82) is 0 Å². The fraction of sp³-hybridized carbons (Fsp3) is 0.467. The van der Waals surface area contributed by atoms with Gasteiger partial charge < -0.3 is 26.0 Å². The smallest absolute Gasteiger partial charge is 0.305 e. The minimum Gasteiger partial charge on any atom is -0.481 e. The largest absolute Gasteiger partial charge is 0.481 e. The van der Waals surface area contributed by atoms with Crippen molar-refractivity contribution in [1.82, 2.24) is 15.1 Å². The second kappa shape index (κ2) is 12.9. The molecule has 4 N–H and O–H groups in total. The van der Waals surface area contributed by atoms with Crippen LogP contribution < -0.4 is 11.1 Å². The number of amides is 3. The van der Waals surface area contributed by atoms with Crippen molar-refractivity contribution in [3.63, 3.8) is 0 Å². The number of nitrogens with one attached hydrogen (secondary N) is 1. The number of carbonyl (C=O) groups excluding carboxylic acids is 3. The van der Waals surface area contributed by atoms with Crippen molar-refractivity contribution in [2.24, 2.45) is 5.73 Å². The van der Waals surface area contributed by atoms with Gasteiger partial charge in [-0.25, -0.2) is 0 Å². The van der Waals surface area contributed by atoms with Gasteiger partial charge in [-0.05, 0) is 56.6 Å². The van der Waals surface area contributed by atoms with E-state index in [1.807, 2.05) is 61.5 Å². The van der Waals surface area contributed by atoms with Gasteiger partial charge in [-0.1, -0.05) is 60.2 Å². The number of carbonyl (C=O) groups is 4. The van der Waals surface area contributed by atoms with Gasteiger partial charge in [0.2, 0.25) is 17.7 Å². The first-order chi connectivity index (χ1) is 18.7. The number of likely N-dealkylation sites (tertiary alicyclic amines) is 2. The first-order valence-electron chi connectivity index (χ1n) is 13.7. The molecule has 0 aromatic heterocycles. The lowest BCUT2D eigenvalue weighted by Crippen LogP contribution is -2.56. The molecule has 4 atom stereocenters. The third-order valence-corrected chi connectivity index (χ3v) is 7.65. The molecule has 2 aliphatic rings. The number of carboxylic acids is 1. The van der Waals surface area contributed by atoms with Crippen molar-refractivity contribution in [2.75, 3.05) is 13.1 Å². The second-order valence-corrected chi connectivity index (χ2v) is 10.7. The number of nitrogens with zero attached hydrogens (tertiary/aromatic N) is 2. The molecule has 0 saturated carbocycles. The first-order valence-corrected chi connectivity index (χ1v) is 13.7. The molecular weight excluding hydrogens is 496 g/mol.